The van der Waals surface area contributed by atoms with Gasteiger partial charge < -0.3 is 15.4 Å². The zero-order valence-electron chi connectivity index (χ0n) is 19.5. The third-order valence-electron chi connectivity index (χ3n) is 5.76. The molecule has 4 aromatic rings. The highest BCUT2D eigenvalue weighted by atomic mass is 35.5. The van der Waals surface area contributed by atoms with Crippen LogP contribution in [0.15, 0.2) is 66.9 Å². The normalized spacial score (nSPS) is 14.1. The maximum atomic E-state index is 14.4. The maximum absolute atomic E-state index is 14.4. The van der Waals surface area contributed by atoms with Gasteiger partial charge in [-0.15, -0.1) is 0 Å². The number of aromatic nitrogens is 3. The molecule has 8 nitrogen and oxygen atoms in total. The van der Waals surface area contributed by atoms with Crippen molar-refractivity contribution in [3.63, 3.8) is 0 Å². The molecule has 11 heteroatoms. The number of carbonyl (C=O) groups excluding carboxylic acids is 2. The molecule has 1 fully saturated rings. The van der Waals surface area contributed by atoms with Gasteiger partial charge in [0, 0.05) is 17.8 Å². The van der Waals surface area contributed by atoms with Gasteiger partial charge in [-0.05, 0) is 43.3 Å². The number of hydrogen-bond acceptors (Lipinski definition) is 5. The van der Waals surface area contributed by atoms with Gasteiger partial charge in [0.05, 0.1) is 40.0 Å². The lowest BCUT2D eigenvalue weighted by Crippen LogP contribution is -2.59. The third kappa shape index (κ3) is 5.06. The molecule has 3 heterocycles. The molecular weight excluding hydrogens is 520 g/mol. The van der Waals surface area contributed by atoms with Crippen molar-refractivity contribution in [2.45, 2.75) is 12.5 Å². The topological polar surface area (TPSA) is 98.1 Å². The molecule has 0 bridgehead atoms. The monoisotopic (exact) mass is 539 g/mol. The first-order valence-corrected chi connectivity index (χ1v) is 12.0. The largest absolute Gasteiger partial charge is 0.376 e. The summed E-state index contributed by atoms with van der Waals surface area (Å²) in [5.74, 6) is -1.38. The Morgan fingerprint density at radius 1 is 1.03 bits per heavy atom. The Bertz CT molecular complexity index is 1510. The molecule has 0 unspecified atom stereocenters. The first-order chi connectivity index (χ1) is 17.7. The lowest BCUT2D eigenvalue weighted by atomic mass is 10.0. The molecule has 1 aliphatic heterocycles. The lowest BCUT2D eigenvalue weighted by Gasteiger charge is -2.38. The average Bonchev–Trinajstić information content (AvgIpc) is 3.28. The second-order valence-corrected chi connectivity index (χ2v) is 9.58. The molecule has 1 aliphatic rings. The van der Waals surface area contributed by atoms with Gasteiger partial charge in [0.2, 0.25) is 0 Å². The Balaban J connectivity index is 1.50. The van der Waals surface area contributed by atoms with Crippen LogP contribution in [0.3, 0.4) is 0 Å². The molecule has 188 valence electrons. The molecule has 0 spiro atoms. The Labute approximate surface area is 221 Å². The fourth-order valence-electron chi connectivity index (χ4n) is 3.84. The number of anilines is 1. The number of halogens is 3. The van der Waals surface area contributed by atoms with E-state index in [1.165, 1.54) is 41.2 Å². The number of nitrogens with one attached hydrogen (secondary N) is 2. The summed E-state index contributed by atoms with van der Waals surface area (Å²) >= 11 is 12.6. The Kier molecular flexibility index (Phi) is 6.68. The van der Waals surface area contributed by atoms with Crippen molar-refractivity contribution in [1.29, 1.82) is 0 Å². The number of carbonyl (C=O) groups is 2. The summed E-state index contributed by atoms with van der Waals surface area (Å²) in [5.41, 5.74) is 0.475. The van der Waals surface area contributed by atoms with E-state index in [0.717, 1.165) is 0 Å². The van der Waals surface area contributed by atoms with Gasteiger partial charge in [-0.3, -0.25) is 14.6 Å². The van der Waals surface area contributed by atoms with E-state index in [2.05, 4.69) is 20.7 Å². The minimum atomic E-state index is -0.609. The molecule has 0 aliphatic carbocycles. The van der Waals surface area contributed by atoms with Crippen LogP contribution in [0, 0.1) is 5.82 Å². The van der Waals surface area contributed by atoms with E-state index in [-0.39, 0.29) is 38.4 Å². The molecule has 5 rings (SSSR count). The van der Waals surface area contributed by atoms with Gasteiger partial charge in [0.1, 0.15) is 17.3 Å². The first kappa shape index (κ1) is 24.9. The number of para-hydroxylation sites is 1. The fraction of sp³-hybridized carbons (Fsp3) is 0.154. The molecular formula is C26H20Cl2FN5O3. The summed E-state index contributed by atoms with van der Waals surface area (Å²) in [6.45, 7) is 2.67. The van der Waals surface area contributed by atoms with E-state index < -0.39 is 23.2 Å². The molecule has 0 saturated carbocycles. The van der Waals surface area contributed by atoms with Crippen molar-refractivity contribution < 1.29 is 18.7 Å². The van der Waals surface area contributed by atoms with E-state index in [1.54, 1.807) is 24.3 Å². The predicted molar refractivity (Wildman–Crippen MR) is 138 cm³/mol. The molecule has 2 aromatic carbocycles. The van der Waals surface area contributed by atoms with Crippen LogP contribution < -0.4 is 10.6 Å². The number of pyridine rings is 1. The molecule has 37 heavy (non-hydrogen) atoms. The minimum Gasteiger partial charge on any atom is -0.376 e. The van der Waals surface area contributed by atoms with Crippen LogP contribution in [0.2, 0.25) is 10.0 Å². The van der Waals surface area contributed by atoms with Gasteiger partial charge in [-0.2, -0.15) is 5.10 Å². The Hall–Kier alpha value is -3.79. The first-order valence-electron chi connectivity index (χ1n) is 11.2. The van der Waals surface area contributed by atoms with Gasteiger partial charge >= 0.3 is 0 Å². The quantitative estimate of drug-likeness (QED) is 0.353. The summed E-state index contributed by atoms with van der Waals surface area (Å²) in [5, 5.41) is 10.3. The van der Waals surface area contributed by atoms with Crippen LogP contribution in [-0.2, 0) is 4.74 Å². The number of amides is 2. The van der Waals surface area contributed by atoms with Crippen LogP contribution in [0.25, 0.3) is 16.9 Å². The molecule has 2 N–H and O–H groups in total. The number of hydrogen-bond donors (Lipinski definition) is 2. The van der Waals surface area contributed by atoms with Crippen molar-refractivity contribution in [2.24, 2.45) is 0 Å². The molecule has 0 atom stereocenters. The molecule has 2 amide bonds. The summed E-state index contributed by atoms with van der Waals surface area (Å²) in [6.07, 6.45) is 1.42. The van der Waals surface area contributed by atoms with Crippen molar-refractivity contribution in [3.05, 3.63) is 94.0 Å². The second-order valence-electron chi connectivity index (χ2n) is 8.77. The van der Waals surface area contributed by atoms with E-state index >= 15 is 0 Å². The van der Waals surface area contributed by atoms with Crippen LogP contribution in [0.1, 0.15) is 27.8 Å². The highest BCUT2D eigenvalue weighted by Crippen LogP contribution is 2.33. The number of nitrogens with zero attached hydrogens (tertiary/aromatic N) is 3. The van der Waals surface area contributed by atoms with Crippen molar-refractivity contribution in [2.75, 3.05) is 18.5 Å². The van der Waals surface area contributed by atoms with Crippen LogP contribution in [0.4, 0.5) is 10.2 Å². The van der Waals surface area contributed by atoms with E-state index in [9.17, 15) is 14.0 Å². The van der Waals surface area contributed by atoms with Gasteiger partial charge in [-0.25, -0.2) is 9.07 Å². The van der Waals surface area contributed by atoms with Crippen LogP contribution in [0.5, 0.6) is 0 Å². The smallest absolute Gasteiger partial charge is 0.272 e. The summed E-state index contributed by atoms with van der Waals surface area (Å²) in [6, 6.07) is 15.9. The summed E-state index contributed by atoms with van der Waals surface area (Å²) in [4.78, 5) is 30.3. The highest BCUT2D eigenvalue weighted by Gasteiger charge is 2.36. The number of ether oxygens (including phenoxy) is 1. The summed E-state index contributed by atoms with van der Waals surface area (Å²) in [7, 11) is 0. The second kappa shape index (κ2) is 9.93. The number of rotatable bonds is 6. The predicted octanol–water partition coefficient (Wildman–Crippen LogP) is 5.15. The standard InChI is InChI=1S/C26H20Cl2FN5O3/c1-26(13-37-14-26)32-25(36)21-12-22(34(33-21)15-6-3-2-4-7-15)31-24(35)17-10-16(18(27)11-19(17)28)23-20(29)8-5-9-30-23/h2-12H,13-14H2,1H3,(H,31,35)(H,32,36). The maximum Gasteiger partial charge on any atom is 0.272 e. The summed E-state index contributed by atoms with van der Waals surface area (Å²) < 4.78 is 21.0. The van der Waals surface area contributed by atoms with Crippen molar-refractivity contribution in [3.8, 4) is 16.9 Å². The van der Waals surface area contributed by atoms with Gasteiger partial charge in [0.15, 0.2) is 5.69 Å². The van der Waals surface area contributed by atoms with Crippen molar-refractivity contribution in [1.82, 2.24) is 20.1 Å². The average molecular weight is 540 g/mol. The van der Waals surface area contributed by atoms with E-state index in [1.807, 2.05) is 13.0 Å². The molecule has 0 radical (unpaired) electrons. The van der Waals surface area contributed by atoms with Gasteiger partial charge in [0.25, 0.3) is 11.8 Å². The molecule has 1 saturated heterocycles. The zero-order chi connectivity index (χ0) is 26.2. The molecule has 2 aromatic heterocycles. The van der Waals surface area contributed by atoms with Crippen LogP contribution in [-0.4, -0.2) is 45.3 Å². The highest BCUT2D eigenvalue weighted by molar-refractivity contribution is 6.38. The van der Waals surface area contributed by atoms with E-state index in [4.69, 9.17) is 27.9 Å². The van der Waals surface area contributed by atoms with E-state index in [0.29, 0.717) is 18.9 Å². The minimum absolute atomic E-state index is 0.0139. The lowest BCUT2D eigenvalue weighted by molar-refractivity contribution is -0.0594. The van der Waals surface area contributed by atoms with Gasteiger partial charge in [-0.1, -0.05) is 41.4 Å². The fourth-order valence-corrected chi connectivity index (χ4v) is 4.40. The van der Waals surface area contributed by atoms with Crippen LogP contribution >= 0.6 is 23.2 Å². The Morgan fingerprint density at radius 3 is 2.46 bits per heavy atom. The van der Waals surface area contributed by atoms with Crippen molar-refractivity contribution >= 4 is 40.8 Å². The Morgan fingerprint density at radius 2 is 1.78 bits per heavy atom. The SMILES string of the molecule is CC1(NC(=O)c2cc(NC(=O)c3cc(-c4ncccc4F)c(Cl)cc3Cl)n(-c3ccccc3)n2)COC1. The third-order valence-corrected chi connectivity index (χ3v) is 6.38. The number of benzene rings is 2. The zero-order valence-corrected chi connectivity index (χ0v) is 21.0.